The van der Waals surface area contributed by atoms with Crippen LogP contribution in [0.5, 0.6) is 11.5 Å². The van der Waals surface area contributed by atoms with Crippen LogP contribution in [0.15, 0.2) is 36.4 Å². The van der Waals surface area contributed by atoms with Crippen molar-refractivity contribution in [1.29, 1.82) is 0 Å². The molecule has 0 aliphatic rings. The summed E-state index contributed by atoms with van der Waals surface area (Å²) in [6, 6.07) is 10.3. The molecule has 2 rings (SSSR count). The molecule has 19 heavy (non-hydrogen) atoms. The number of hydrogen-bond donors (Lipinski definition) is 2. The molecule has 2 N–H and O–H groups in total. The van der Waals surface area contributed by atoms with Gasteiger partial charge in [0, 0.05) is 17.1 Å². The van der Waals surface area contributed by atoms with E-state index >= 15 is 0 Å². The molecule has 0 spiro atoms. The Morgan fingerprint density at radius 3 is 2.63 bits per heavy atom. The molecule has 0 aliphatic heterocycles. The lowest BCUT2D eigenvalue weighted by Crippen LogP contribution is -2.00. The smallest absolute Gasteiger partial charge is 0.120 e. The Hall–Kier alpha value is -1.58. The van der Waals surface area contributed by atoms with Gasteiger partial charge in [0.2, 0.25) is 0 Å². The summed E-state index contributed by atoms with van der Waals surface area (Å²) >= 11 is 11.9. The van der Waals surface area contributed by atoms with Gasteiger partial charge in [-0.05, 0) is 36.4 Å². The first kappa shape index (κ1) is 13.8. The molecule has 0 aromatic heterocycles. The number of anilines is 1. The van der Waals surface area contributed by atoms with Crippen molar-refractivity contribution in [2.75, 3.05) is 12.4 Å². The second kappa shape index (κ2) is 6.04. The predicted octanol–water partition coefficient (Wildman–Crippen LogP) is 4.32. The van der Waals surface area contributed by atoms with E-state index < -0.39 is 0 Å². The maximum absolute atomic E-state index is 9.77. The summed E-state index contributed by atoms with van der Waals surface area (Å²) in [7, 11) is 1.58. The normalized spacial score (nSPS) is 10.3. The molecule has 0 amide bonds. The van der Waals surface area contributed by atoms with E-state index in [4.69, 9.17) is 27.9 Å². The average Bonchev–Trinajstić information content (AvgIpc) is 2.39. The van der Waals surface area contributed by atoms with Crippen molar-refractivity contribution < 1.29 is 9.84 Å². The van der Waals surface area contributed by atoms with E-state index in [1.807, 2.05) is 0 Å². The number of rotatable bonds is 4. The largest absolute Gasteiger partial charge is 0.508 e. The minimum atomic E-state index is 0.207. The summed E-state index contributed by atoms with van der Waals surface area (Å²) in [6.45, 7) is 0.435. The third-order valence-electron chi connectivity index (χ3n) is 2.69. The number of nitrogens with one attached hydrogen (secondary N) is 1. The number of phenolic OH excluding ortho intramolecular Hbond substituents is 1. The van der Waals surface area contributed by atoms with Crippen LogP contribution in [0.2, 0.25) is 10.0 Å². The first-order chi connectivity index (χ1) is 9.10. The first-order valence-electron chi connectivity index (χ1n) is 5.65. The van der Waals surface area contributed by atoms with Crippen LogP contribution in [0, 0.1) is 0 Å². The fourth-order valence-corrected chi connectivity index (χ4v) is 2.13. The van der Waals surface area contributed by atoms with E-state index in [1.165, 1.54) is 0 Å². The minimum Gasteiger partial charge on any atom is -0.508 e. The molecule has 0 heterocycles. The fourth-order valence-electron chi connectivity index (χ4n) is 1.65. The summed E-state index contributed by atoms with van der Waals surface area (Å²) < 4.78 is 5.12. The lowest BCUT2D eigenvalue weighted by atomic mass is 10.2. The topological polar surface area (TPSA) is 41.5 Å². The zero-order valence-electron chi connectivity index (χ0n) is 10.3. The zero-order valence-corrected chi connectivity index (χ0v) is 11.8. The summed E-state index contributed by atoms with van der Waals surface area (Å²) in [6.07, 6.45) is 0. The summed E-state index contributed by atoms with van der Waals surface area (Å²) in [4.78, 5) is 0. The van der Waals surface area contributed by atoms with Gasteiger partial charge >= 0.3 is 0 Å². The summed E-state index contributed by atoms with van der Waals surface area (Å²) in [5, 5.41) is 14.0. The van der Waals surface area contributed by atoms with Gasteiger partial charge in [0.15, 0.2) is 0 Å². The number of phenols is 1. The van der Waals surface area contributed by atoms with E-state index in [9.17, 15) is 5.11 Å². The Bertz CT molecular complexity index is 588. The van der Waals surface area contributed by atoms with Crippen molar-refractivity contribution in [2.45, 2.75) is 6.54 Å². The molecule has 3 nitrogen and oxygen atoms in total. The molecule has 0 fully saturated rings. The maximum Gasteiger partial charge on any atom is 0.120 e. The monoisotopic (exact) mass is 297 g/mol. The number of methoxy groups -OCH3 is 1. The molecule has 0 saturated carbocycles. The quantitative estimate of drug-likeness (QED) is 0.883. The highest BCUT2D eigenvalue weighted by molar-refractivity contribution is 6.36. The van der Waals surface area contributed by atoms with Crippen LogP contribution in [-0.2, 0) is 6.54 Å². The molecule has 5 heteroatoms. The Morgan fingerprint density at radius 1 is 1.16 bits per heavy atom. The predicted molar refractivity (Wildman–Crippen MR) is 78.4 cm³/mol. The van der Waals surface area contributed by atoms with Gasteiger partial charge in [-0.3, -0.25) is 0 Å². The number of benzene rings is 2. The Labute approximate surface area is 121 Å². The van der Waals surface area contributed by atoms with E-state index in [-0.39, 0.29) is 5.75 Å². The Balaban J connectivity index is 2.14. The molecule has 0 unspecified atom stereocenters. The van der Waals surface area contributed by atoms with Crippen molar-refractivity contribution in [2.24, 2.45) is 0 Å². The maximum atomic E-state index is 9.77. The summed E-state index contributed by atoms with van der Waals surface area (Å²) in [5.41, 5.74) is 1.48. The third-order valence-corrected chi connectivity index (χ3v) is 3.23. The highest BCUT2D eigenvalue weighted by Gasteiger charge is 2.05. The van der Waals surface area contributed by atoms with Crippen LogP contribution in [0.4, 0.5) is 5.69 Å². The molecule has 0 bridgehead atoms. The van der Waals surface area contributed by atoms with Gasteiger partial charge in [-0.1, -0.05) is 23.2 Å². The molecular weight excluding hydrogens is 285 g/mol. The van der Waals surface area contributed by atoms with Crippen molar-refractivity contribution in [3.05, 3.63) is 52.0 Å². The molecule has 0 radical (unpaired) electrons. The van der Waals surface area contributed by atoms with Crippen LogP contribution < -0.4 is 10.1 Å². The van der Waals surface area contributed by atoms with Crippen LogP contribution >= 0.6 is 23.2 Å². The number of hydrogen-bond acceptors (Lipinski definition) is 3. The number of ether oxygens (including phenoxy) is 1. The van der Waals surface area contributed by atoms with Crippen molar-refractivity contribution in [3.8, 4) is 11.5 Å². The van der Waals surface area contributed by atoms with Gasteiger partial charge in [-0.15, -0.1) is 0 Å². The number of halogens is 2. The second-order valence-corrected chi connectivity index (χ2v) is 4.82. The minimum absolute atomic E-state index is 0.207. The first-order valence-corrected chi connectivity index (χ1v) is 6.40. The fraction of sp³-hybridized carbons (Fsp3) is 0.143. The standard InChI is InChI=1S/C14H13Cl2NO2/c1-19-11-3-5-14(18)9(6-11)8-17-13-4-2-10(15)7-12(13)16/h2-7,17-18H,8H2,1H3. The van der Waals surface area contributed by atoms with Crippen molar-refractivity contribution >= 4 is 28.9 Å². The average molecular weight is 298 g/mol. The van der Waals surface area contributed by atoms with Gasteiger partial charge in [-0.2, -0.15) is 0 Å². The van der Waals surface area contributed by atoms with Crippen LogP contribution in [0.1, 0.15) is 5.56 Å². The SMILES string of the molecule is COc1ccc(O)c(CNc2ccc(Cl)cc2Cl)c1. The Morgan fingerprint density at radius 2 is 1.95 bits per heavy atom. The lowest BCUT2D eigenvalue weighted by molar-refractivity contribution is 0.411. The molecule has 0 aliphatic carbocycles. The molecule has 2 aromatic rings. The van der Waals surface area contributed by atoms with Gasteiger partial charge < -0.3 is 15.2 Å². The Kier molecular flexibility index (Phi) is 4.40. The van der Waals surface area contributed by atoms with Gasteiger partial charge in [-0.25, -0.2) is 0 Å². The van der Waals surface area contributed by atoms with Crippen LogP contribution in [-0.4, -0.2) is 12.2 Å². The lowest BCUT2D eigenvalue weighted by Gasteiger charge is -2.11. The molecule has 100 valence electrons. The van der Waals surface area contributed by atoms with E-state index in [0.29, 0.717) is 22.3 Å². The second-order valence-electron chi connectivity index (χ2n) is 3.97. The van der Waals surface area contributed by atoms with E-state index in [2.05, 4.69) is 5.32 Å². The molecule has 2 aromatic carbocycles. The third kappa shape index (κ3) is 3.46. The van der Waals surface area contributed by atoms with Crippen LogP contribution in [0.25, 0.3) is 0 Å². The summed E-state index contributed by atoms with van der Waals surface area (Å²) in [5.74, 6) is 0.898. The van der Waals surface area contributed by atoms with Gasteiger partial charge in [0.1, 0.15) is 11.5 Å². The van der Waals surface area contributed by atoms with Crippen molar-refractivity contribution in [3.63, 3.8) is 0 Å². The number of aromatic hydroxyl groups is 1. The van der Waals surface area contributed by atoms with E-state index in [0.717, 1.165) is 11.3 Å². The zero-order chi connectivity index (χ0) is 13.8. The van der Waals surface area contributed by atoms with E-state index in [1.54, 1.807) is 43.5 Å². The highest BCUT2D eigenvalue weighted by Crippen LogP contribution is 2.28. The van der Waals surface area contributed by atoms with Gasteiger partial charge in [0.25, 0.3) is 0 Å². The van der Waals surface area contributed by atoms with Crippen molar-refractivity contribution in [1.82, 2.24) is 0 Å². The molecule has 0 saturated heterocycles. The highest BCUT2D eigenvalue weighted by atomic mass is 35.5. The van der Waals surface area contributed by atoms with Crippen LogP contribution in [0.3, 0.4) is 0 Å². The van der Waals surface area contributed by atoms with Gasteiger partial charge in [0.05, 0.1) is 17.8 Å². The molecule has 0 atom stereocenters. The molecular formula is C14H13Cl2NO2.